The Morgan fingerprint density at radius 2 is 1.86 bits per heavy atom. The smallest absolute Gasteiger partial charge is 0.308 e. The van der Waals surface area contributed by atoms with Crippen LogP contribution in [0.1, 0.15) is 13.3 Å². The van der Waals surface area contributed by atoms with Crippen molar-refractivity contribution >= 4 is 23.5 Å². The van der Waals surface area contributed by atoms with E-state index in [2.05, 4.69) is 4.99 Å². The molecule has 0 radical (unpaired) electrons. The summed E-state index contributed by atoms with van der Waals surface area (Å²) >= 11 is 0. The monoisotopic (exact) mass is 201 g/mol. The van der Waals surface area contributed by atoms with E-state index in [1.807, 2.05) is 0 Å². The Kier molecular flexibility index (Phi) is 4.27. The number of primary amides is 2. The minimum atomic E-state index is -1.45. The Labute approximate surface area is 79.8 Å². The fourth-order valence-corrected chi connectivity index (χ4v) is 0.722. The third-order valence-electron chi connectivity index (χ3n) is 1.47. The summed E-state index contributed by atoms with van der Waals surface area (Å²) in [6.45, 7) is 1.31. The van der Waals surface area contributed by atoms with Crippen LogP contribution in [0.15, 0.2) is 0 Å². The molecule has 5 N–H and O–H groups in total. The van der Waals surface area contributed by atoms with E-state index in [0.717, 1.165) is 0 Å². The summed E-state index contributed by atoms with van der Waals surface area (Å²) in [6, 6.07) is -1.19. The lowest BCUT2D eigenvalue weighted by Gasteiger charge is -2.04. The molecule has 7 nitrogen and oxygen atoms in total. The van der Waals surface area contributed by atoms with Crippen molar-refractivity contribution in [3.63, 3.8) is 0 Å². The number of amides is 2. The molecule has 78 valence electrons. The van der Waals surface area contributed by atoms with E-state index in [1.54, 1.807) is 0 Å². The highest BCUT2D eigenvalue weighted by Gasteiger charge is 2.21. The van der Waals surface area contributed by atoms with Crippen LogP contribution in [-0.2, 0) is 14.4 Å². The van der Waals surface area contributed by atoms with Crippen molar-refractivity contribution in [1.29, 1.82) is 0 Å². The molecule has 1 atom stereocenters. The molecule has 0 saturated carbocycles. The molecule has 0 heterocycles. The Bertz CT molecular complexity index is 297. The Morgan fingerprint density at radius 1 is 1.36 bits per heavy atom. The van der Waals surface area contributed by atoms with Crippen LogP contribution in [0.5, 0.6) is 0 Å². The van der Waals surface area contributed by atoms with Gasteiger partial charge in [0, 0.05) is 12.9 Å². The maximum absolute atomic E-state index is 10.7. The predicted molar refractivity (Wildman–Crippen MR) is 43.4 cm³/mol. The van der Waals surface area contributed by atoms with E-state index < -0.39 is 30.2 Å². The van der Waals surface area contributed by atoms with Crippen LogP contribution in [0, 0.1) is 0 Å². The van der Waals surface area contributed by atoms with E-state index >= 15 is 0 Å². The summed E-state index contributed by atoms with van der Waals surface area (Å²) in [5.74, 6) is -3.12. The summed E-state index contributed by atoms with van der Waals surface area (Å²) in [5.41, 5.74) is 9.70. The van der Waals surface area contributed by atoms with Gasteiger partial charge in [0.15, 0.2) is 0 Å². The van der Waals surface area contributed by atoms with Gasteiger partial charge in [-0.05, 0) is 0 Å². The summed E-state index contributed by atoms with van der Waals surface area (Å²) in [5, 5.41) is 10.2. The van der Waals surface area contributed by atoms with E-state index in [1.165, 1.54) is 6.92 Å². The highest BCUT2D eigenvalue weighted by molar-refractivity contribution is 6.34. The Hall–Kier alpha value is -1.92. The summed E-state index contributed by atoms with van der Waals surface area (Å²) < 4.78 is 0. The summed E-state index contributed by atoms with van der Waals surface area (Å²) in [7, 11) is 0. The average Bonchev–Trinajstić information content (AvgIpc) is 2.01. The number of carbonyl (C=O) groups excluding carboxylic acids is 3. The Morgan fingerprint density at radius 3 is 2.14 bits per heavy atom. The lowest BCUT2D eigenvalue weighted by Crippen LogP contribution is -2.84. The second-order valence-corrected chi connectivity index (χ2v) is 2.66. The third-order valence-corrected chi connectivity index (χ3v) is 1.47. The van der Waals surface area contributed by atoms with E-state index in [9.17, 15) is 19.5 Å². The first-order valence-electron chi connectivity index (χ1n) is 3.73. The number of carboxylic acid groups (broad SMARTS) is 1. The molecule has 0 aliphatic carbocycles. The van der Waals surface area contributed by atoms with E-state index in [4.69, 9.17) is 11.5 Å². The molecule has 0 aliphatic rings. The fourth-order valence-electron chi connectivity index (χ4n) is 0.722. The van der Waals surface area contributed by atoms with Crippen molar-refractivity contribution in [3.05, 3.63) is 0 Å². The van der Waals surface area contributed by atoms with Crippen LogP contribution in [0.25, 0.3) is 0 Å². The van der Waals surface area contributed by atoms with Crippen molar-refractivity contribution < 1.29 is 24.5 Å². The first kappa shape index (κ1) is 12.1. The van der Waals surface area contributed by atoms with E-state index in [0.29, 0.717) is 0 Å². The van der Waals surface area contributed by atoms with Gasteiger partial charge in [-0.3, -0.25) is 9.59 Å². The molecule has 0 aromatic carbocycles. The summed E-state index contributed by atoms with van der Waals surface area (Å²) in [6.07, 6.45) is -0.611. The van der Waals surface area contributed by atoms with Gasteiger partial charge in [0.25, 0.3) is 5.91 Å². The molecule has 0 bridgehead atoms. The SMILES string of the molecule is CC(=[NH+][C@@H](CC(=O)[O-])C(N)=O)C(N)=O. The van der Waals surface area contributed by atoms with Gasteiger partial charge in [-0.25, -0.2) is 4.99 Å². The molecule has 0 spiro atoms. The molecule has 7 heteroatoms. The normalized spacial score (nSPS) is 13.4. The second kappa shape index (κ2) is 4.95. The minimum Gasteiger partial charge on any atom is -0.550 e. The van der Waals surface area contributed by atoms with Crippen LogP contribution in [0.3, 0.4) is 0 Å². The zero-order valence-corrected chi connectivity index (χ0v) is 7.57. The average molecular weight is 201 g/mol. The maximum atomic E-state index is 10.7. The van der Waals surface area contributed by atoms with Gasteiger partial charge in [-0.1, -0.05) is 0 Å². The number of carboxylic acids is 1. The number of rotatable bonds is 5. The minimum absolute atomic E-state index is 0.0324. The van der Waals surface area contributed by atoms with Crippen molar-refractivity contribution in [3.8, 4) is 0 Å². The quantitative estimate of drug-likeness (QED) is 0.383. The number of carbonyl (C=O) groups is 3. The van der Waals surface area contributed by atoms with Crippen LogP contribution < -0.4 is 21.6 Å². The zero-order chi connectivity index (χ0) is 11.3. The standard InChI is InChI=1S/C7H11N3O4/c1-3(6(8)13)10-4(7(9)14)2-5(11)12/h4H,2H2,1H3,(H2,8,13)(H2,9,14)(H,11,12)/t4-/m0/s1. The lowest BCUT2D eigenvalue weighted by atomic mass is 10.2. The van der Waals surface area contributed by atoms with Gasteiger partial charge in [-0.2, -0.15) is 0 Å². The predicted octanol–water partition coefficient (Wildman–Crippen LogP) is -4.99. The molecule has 2 amide bonds. The highest BCUT2D eigenvalue weighted by atomic mass is 16.4. The molecule has 0 rings (SSSR count). The van der Waals surface area contributed by atoms with Gasteiger partial charge in [0.2, 0.25) is 11.8 Å². The first-order chi connectivity index (χ1) is 6.34. The fraction of sp³-hybridized carbons (Fsp3) is 0.429. The van der Waals surface area contributed by atoms with Gasteiger partial charge >= 0.3 is 5.91 Å². The number of nitrogens with one attached hydrogen (secondary N) is 1. The van der Waals surface area contributed by atoms with Crippen LogP contribution in [0.4, 0.5) is 0 Å². The van der Waals surface area contributed by atoms with Crippen molar-refractivity contribution in [2.24, 2.45) is 11.5 Å². The maximum Gasteiger partial charge on any atom is 0.308 e. The molecule has 0 fully saturated rings. The Balaban J connectivity index is 4.68. The highest BCUT2D eigenvalue weighted by Crippen LogP contribution is 1.81. The van der Waals surface area contributed by atoms with Gasteiger partial charge in [0.1, 0.15) is 0 Å². The molecule has 0 aromatic heterocycles. The molecular weight excluding hydrogens is 190 g/mol. The number of aliphatic carboxylic acids is 1. The van der Waals surface area contributed by atoms with Crippen molar-refractivity contribution in [2.75, 3.05) is 0 Å². The molecule has 0 aromatic rings. The topological polar surface area (TPSA) is 140 Å². The largest absolute Gasteiger partial charge is 0.550 e. The van der Waals surface area contributed by atoms with Crippen LogP contribution in [-0.4, -0.2) is 29.5 Å². The van der Waals surface area contributed by atoms with Crippen molar-refractivity contribution in [1.82, 2.24) is 0 Å². The second-order valence-electron chi connectivity index (χ2n) is 2.66. The molecule has 14 heavy (non-hydrogen) atoms. The van der Waals surface area contributed by atoms with Crippen LogP contribution >= 0.6 is 0 Å². The summed E-state index contributed by atoms with van der Waals surface area (Å²) in [4.78, 5) is 33.7. The number of hydrogen-bond donors (Lipinski definition) is 3. The van der Waals surface area contributed by atoms with E-state index in [-0.39, 0.29) is 5.71 Å². The first-order valence-corrected chi connectivity index (χ1v) is 3.73. The third kappa shape index (κ3) is 4.19. The zero-order valence-electron chi connectivity index (χ0n) is 7.57. The lowest BCUT2D eigenvalue weighted by molar-refractivity contribution is -0.488. The molecule has 0 aliphatic heterocycles. The van der Waals surface area contributed by atoms with Gasteiger partial charge in [-0.15, -0.1) is 0 Å². The van der Waals surface area contributed by atoms with Crippen molar-refractivity contribution in [2.45, 2.75) is 19.4 Å². The van der Waals surface area contributed by atoms with Gasteiger partial charge in [0.05, 0.1) is 6.42 Å². The molecular formula is C7H11N3O4. The van der Waals surface area contributed by atoms with Crippen LogP contribution in [0.2, 0.25) is 0 Å². The van der Waals surface area contributed by atoms with Gasteiger partial charge < -0.3 is 21.4 Å². The number of hydrogen-bond acceptors (Lipinski definition) is 4. The number of nitrogens with two attached hydrogens (primary N) is 2. The molecule has 0 saturated heterocycles. The molecule has 0 unspecified atom stereocenters.